The van der Waals surface area contributed by atoms with Crippen molar-refractivity contribution in [3.8, 4) is 11.1 Å². The Morgan fingerprint density at radius 3 is 2.48 bits per heavy atom. The van der Waals surface area contributed by atoms with Crippen LogP contribution in [0, 0.1) is 0 Å². The van der Waals surface area contributed by atoms with Crippen LogP contribution in [-0.4, -0.2) is 32.0 Å². The molecule has 0 amide bonds. The van der Waals surface area contributed by atoms with Crippen molar-refractivity contribution in [2.45, 2.75) is 37.8 Å². The third kappa shape index (κ3) is 4.38. The lowest BCUT2D eigenvalue weighted by Crippen LogP contribution is -2.42. The summed E-state index contributed by atoms with van der Waals surface area (Å²) in [7, 11) is 0. The largest absolute Gasteiger partial charge is 0.350 e. The Balaban J connectivity index is 1.43. The lowest BCUT2D eigenvalue weighted by atomic mass is 9.91. The molecule has 2 aromatic heterocycles. The number of anilines is 3. The molecule has 1 saturated carbocycles. The Bertz CT molecular complexity index is 867. The smallest absolute Gasteiger partial charge is 0.224 e. The zero-order valence-corrected chi connectivity index (χ0v) is 15.0. The molecular formula is C20H23N7. The molecule has 0 radical (unpaired) electrons. The average molecular weight is 361 g/mol. The molecule has 2 heterocycles. The molecule has 3 aromatic rings. The van der Waals surface area contributed by atoms with Gasteiger partial charge in [0.15, 0.2) is 0 Å². The van der Waals surface area contributed by atoms with Crippen LogP contribution in [-0.2, 0) is 0 Å². The van der Waals surface area contributed by atoms with Gasteiger partial charge in [0.1, 0.15) is 12.1 Å². The first kappa shape index (κ1) is 17.4. The summed E-state index contributed by atoms with van der Waals surface area (Å²) in [5.74, 6) is 1.35. The summed E-state index contributed by atoms with van der Waals surface area (Å²) in [6.07, 6.45) is 11.4. The maximum atomic E-state index is 6.21. The minimum absolute atomic E-state index is 0.161. The fraction of sp³-hybridized carbons (Fsp3) is 0.300. The van der Waals surface area contributed by atoms with E-state index in [9.17, 15) is 0 Å². The van der Waals surface area contributed by atoms with Crippen molar-refractivity contribution in [3.05, 3.63) is 55.2 Å². The maximum absolute atomic E-state index is 6.21. The maximum Gasteiger partial charge on any atom is 0.224 e. The molecule has 4 rings (SSSR count). The van der Waals surface area contributed by atoms with Crippen molar-refractivity contribution in [1.82, 2.24) is 19.9 Å². The molecule has 4 N–H and O–H groups in total. The highest BCUT2D eigenvalue weighted by Gasteiger charge is 2.22. The molecule has 1 aromatic carbocycles. The minimum atomic E-state index is 0.161. The Hall–Kier alpha value is -3.06. The molecule has 138 valence electrons. The van der Waals surface area contributed by atoms with E-state index in [1.165, 1.54) is 19.2 Å². The van der Waals surface area contributed by atoms with Crippen LogP contribution < -0.4 is 16.4 Å². The molecule has 0 bridgehead atoms. The van der Waals surface area contributed by atoms with Crippen molar-refractivity contribution in [2.75, 3.05) is 10.6 Å². The summed E-state index contributed by atoms with van der Waals surface area (Å²) in [6.45, 7) is 0. The van der Waals surface area contributed by atoms with Gasteiger partial charge in [-0.1, -0.05) is 25.0 Å². The molecule has 1 fully saturated rings. The van der Waals surface area contributed by atoms with Crippen LogP contribution in [0.2, 0.25) is 0 Å². The van der Waals surface area contributed by atoms with Crippen molar-refractivity contribution in [2.24, 2.45) is 5.73 Å². The second-order valence-corrected chi connectivity index (χ2v) is 6.79. The van der Waals surface area contributed by atoms with E-state index in [1.807, 2.05) is 30.3 Å². The van der Waals surface area contributed by atoms with Crippen LogP contribution >= 0.6 is 0 Å². The highest BCUT2D eigenvalue weighted by Crippen LogP contribution is 2.23. The number of hydrogen-bond acceptors (Lipinski definition) is 7. The second kappa shape index (κ2) is 8.09. The summed E-state index contributed by atoms with van der Waals surface area (Å²) in [5, 5.41) is 6.70. The SMILES string of the molecule is N[C@H]1CCCC[C@H]1Nc1nccc(Nc2ccc(-c3cncnc3)cc2)n1. The zero-order valence-electron chi connectivity index (χ0n) is 15.0. The van der Waals surface area contributed by atoms with Gasteiger partial charge < -0.3 is 16.4 Å². The highest BCUT2D eigenvalue weighted by molar-refractivity contribution is 5.66. The standard InChI is InChI=1S/C20H23N7/c21-17-3-1-2-4-18(17)26-20-24-10-9-19(27-20)25-16-7-5-14(6-8-16)15-11-22-13-23-12-15/h5-13,17-18H,1-4,21H2,(H2,24,25,26,27)/t17-,18+/m0/s1. The van der Waals surface area contributed by atoms with E-state index in [4.69, 9.17) is 5.73 Å². The van der Waals surface area contributed by atoms with Gasteiger partial charge in [0, 0.05) is 41.9 Å². The first-order chi connectivity index (χ1) is 13.3. The highest BCUT2D eigenvalue weighted by atomic mass is 15.2. The molecular weight excluding hydrogens is 338 g/mol. The Morgan fingerprint density at radius 1 is 0.926 bits per heavy atom. The first-order valence-corrected chi connectivity index (χ1v) is 9.25. The van der Waals surface area contributed by atoms with Crippen LogP contribution in [0.5, 0.6) is 0 Å². The van der Waals surface area contributed by atoms with E-state index in [2.05, 4.69) is 30.6 Å². The number of nitrogens with zero attached hydrogens (tertiary/aromatic N) is 4. The normalized spacial score (nSPS) is 19.4. The van der Waals surface area contributed by atoms with E-state index in [-0.39, 0.29) is 12.1 Å². The lowest BCUT2D eigenvalue weighted by Gasteiger charge is -2.29. The van der Waals surface area contributed by atoms with Crippen LogP contribution in [0.1, 0.15) is 25.7 Å². The zero-order chi connectivity index (χ0) is 18.5. The topological polar surface area (TPSA) is 102 Å². The predicted octanol–water partition coefficient (Wildman–Crippen LogP) is 3.36. The third-order valence-electron chi connectivity index (χ3n) is 4.84. The summed E-state index contributed by atoms with van der Waals surface area (Å²) in [4.78, 5) is 17.0. The van der Waals surface area contributed by atoms with E-state index in [0.29, 0.717) is 5.95 Å². The van der Waals surface area contributed by atoms with Crippen LogP contribution in [0.15, 0.2) is 55.2 Å². The molecule has 0 unspecified atom stereocenters. The fourth-order valence-corrected chi connectivity index (χ4v) is 3.34. The summed E-state index contributed by atoms with van der Waals surface area (Å²) >= 11 is 0. The molecule has 1 aliphatic rings. The van der Waals surface area contributed by atoms with Gasteiger partial charge in [-0.3, -0.25) is 0 Å². The van der Waals surface area contributed by atoms with Gasteiger partial charge in [0.25, 0.3) is 0 Å². The van der Waals surface area contributed by atoms with Crippen LogP contribution in [0.25, 0.3) is 11.1 Å². The monoisotopic (exact) mass is 361 g/mol. The molecule has 1 aliphatic carbocycles. The van der Waals surface area contributed by atoms with E-state index >= 15 is 0 Å². The van der Waals surface area contributed by atoms with Crippen LogP contribution in [0.4, 0.5) is 17.5 Å². The Kier molecular flexibility index (Phi) is 5.20. The lowest BCUT2D eigenvalue weighted by molar-refractivity contribution is 0.402. The number of hydrogen-bond donors (Lipinski definition) is 3. The Labute approximate surface area is 158 Å². The van der Waals surface area contributed by atoms with Gasteiger partial charge in [-0.15, -0.1) is 0 Å². The van der Waals surface area contributed by atoms with Crippen molar-refractivity contribution < 1.29 is 0 Å². The molecule has 0 aliphatic heterocycles. The van der Waals surface area contributed by atoms with Crippen molar-refractivity contribution in [3.63, 3.8) is 0 Å². The van der Waals surface area contributed by atoms with Gasteiger partial charge in [-0.05, 0) is 36.6 Å². The number of aromatic nitrogens is 4. The summed E-state index contributed by atoms with van der Waals surface area (Å²) in [5.41, 5.74) is 9.22. The predicted molar refractivity (Wildman–Crippen MR) is 107 cm³/mol. The molecule has 2 atom stereocenters. The number of nitrogens with two attached hydrogens (primary N) is 1. The average Bonchev–Trinajstić information content (AvgIpc) is 2.71. The van der Waals surface area contributed by atoms with Crippen LogP contribution in [0.3, 0.4) is 0 Å². The molecule has 27 heavy (non-hydrogen) atoms. The minimum Gasteiger partial charge on any atom is -0.350 e. The van der Waals surface area contributed by atoms with E-state index < -0.39 is 0 Å². The molecule has 0 spiro atoms. The molecule has 0 saturated heterocycles. The second-order valence-electron chi connectivity index (χ2n) is 6.79. The van der Waals surface area contributed by atoms with Crippen molar-refractivity contribution in [1.29, 1.82) is 0 Å². The fourth-order valence-electron chi connectivity index (χ4n) is 3.34. The first-order valence-electron chi connectivity index (χ1n) is 9.25. The molecule has 7 nitrogen and oxygen atoms in total. The quantitative estimate of drug-likeness (QED) is 0.640. The number of nitrogens with one attached hydrogen (secondary N) is 2. The van der Waals surface area contributed by atoms with Gasteiger partial charge in [-0.2, -0.15) is 4.98 Å². The molecule has 7 heteroatoms. The number of benzene rings is 1. The third-order valence-corrected chi connectivity index (χ3v) is 4.84. The van der Waals surface area contributed by atoms with Gasteiger partial charge in [0.2, 0.25) is 5.95 Å². The van der Waals surface area contributed by atoms with Gasteiger partial charge >= 0.3 is 0 Å². The van der Waals surface area contributed by atoms with Crippen molar-refractivity contribution >= 4 is 17.5 Å². The summed E-state index contributed by atoms with van der Waals surface area (Å²) < 4.78 is 0. The number of rotatable bonds is 5. The van der Waals surface area contributed by atoms with E-state index in [1.54, 1.807) is 18.6 Å². The van der Waals surface area contributed by atoms with Gasteiger partial charge in [0.05, 0.1) is 0 Å². The summed E-state index contributed by atoms with van der Waals surface area (Å²) in [6, 6.07) is 10.3. The van der Waals surface area contributed by atoms with E-state index in [0.717, 1.165) is 35.5 Å². The van der Waals surface area contributed by atoms with Gasteiger partial charge in [-0.25, -0.2) is 15.0 Å². The Morgan fingerprint density at radius 2 is 1.70 bits per heavy atom.